The maximum atomic E-state index is 5.09. The van der Waals surface area contributed by atoms with Crippen LogP contribution in [0.25, 0.3) is 0 Å². The molecular weight excluding hydrogens is 378 g/mol. The van der Waals surface area contributed by atoms with Gasteiger partial charge in [0.15, 0.2) is 0 Å². The maximum absolute atomic E-state index is 5.09. The molecule has 0 saturated heterocycles. The first-order valence-electron chi connectivity index (χ1n) is 11.0. The van der Waals surface area contributed by atoms with Crippen LogP contribution in [-0.2, 0) is 11.8 Å². The van der Waals surface area contributed by atoms with Gasteiger partial charge in [-0.3, -0.25) is 9.98 Å². The van der Waals surface area contributed by atoms with E-state index in [0.717, 1.165) is 30.1 Å². The summed E-state index contributed by atoms with van der Waals surface area (Å²) in [6.07, 6.45) is 1.76. The lowest BCUT2D eigenvalue weighted by Gasteiger charge is -2.28. The Morgan fingerprint density at radius 3 is 2.06 bits per heavy atom. The van der Waals surface area contributed by atoms with Gasteiger partial charge in [0.25, 0.3) is 0 Å². The predicted octanol–water partition coefficient (Wildman–Crippen LogP) is 5.97. The van der Waals surface area contributed by atoms with Gasteiger partial charge < -0.3 is 5.32 Å². The van der Waals surface area contributed by atoms with Crippen molar-refractivity contribution in [3.05, 3.63) is 107 Å². The number of aryl methyl sites for hydroxylation is 1. The summed E-state index contributed by atoms with van der Waals surface area (Å²) in [5.41, 5.74) is 4.87. The molecular formula is C28H33N3. The van der Waals surface area contributed by atoms with Gasteiger partial charge in [-0.25, -0.2) is 0 Å². The van der Waals surface area contributed by atoms with Gasteiger partial charge in [-0.05, 0) is 24.5 Å². The lowest BCUT2D eigenvalue weighted by molar-refractivity contribution is 0.468. The molecule has 31 heavy (non-hydrogen) atoms. The Morgan fingerprint density at radius 2 is 1.48 bits per heavy atom. The normalized spacial score (nSPS) is 14.2. The number of hydrogen-bond donors (Lipinski definition) is 1. The van der Waals surface area contributed by atoms with E-state index in [1.165, 1.54) is 16.7 Å². The Morgan fingerprint density at radius 1 is 0.871 bits per heavy atom. The molecule has 0 aliphatic carbocycles. The standard InChI is InChI=1S/C28H33N3/c1-5-28(3,25-18-16-22(2)17-19-25)21-30-27(24-14-10-7-11-15-24)31-26(29-4)20-23-12-8-6-9-13-23/h6-19H,5,20-21H2,1-4H3,(H,29,30,31). The van der Waals surface area contributed by atoms with E-state index in [1.54, 1.807) is 0 Å². The summed E-state index contributed by atoms with van der Waals surface area (Å²) in [5.74, 6) is 1.77. The van der Waals surface area contributed by atoms with Crippen LogP contribution in [0.4, 0.5) is 0 Å². The molecule has 0 bridgehead atoms. The second-order valence-corrected chi connectivity index (χ2v) is 8.27. The van der Waals surface area contributed by atoms with Crippen molar-refractivity contribution in [2.45, 2.75) is 39.0 Å². The summed E-state index contributed by atoms with van der Waals surface area (Å²) in [5, 5.41) is 3.53. The Bertz CT molecular complexity index is 1010. The monoisotopic (exact) mass is 411 g/mol. The molecule has 3 aromatic carbocycles. The highest BCUT2D eigenvalue weighted by molar-refractivity contribution is 6.09. The summed E-state index contributed by atoms with van der Waals surface area (Å²) in [7, 11) is 1.83. The molecule has 3 rings (SSSR count). The molecule has 1 unspecified atom stereocenters. The molecule has 3 heteroatoms. The summed E-state index contributed by atoms with van der Waals surface area (Å²) < 4.78 is 0. The summed E-state index contributed by atoms with van der Waals surface area (Å²) >= 11 is 0. The molecule has 3 aromatic rings. The van der Waals surface area contributed by atoms with Crippen LogP contribution in [0.3, 0.4) is 0 Å². The Balaban J connectivity index is 1.87. The topological polar surface area (TPSA) is 36.8 Å². The van der Waals surface area contributed by atoms with Gasteiger partial charge in [-0.2, -0.15) is 0 Å². The van der Waals surface area contributed by atoms with Gasteiger partial charge in [-0.15, -0.1) is 0 Å². The quantitative estimate of drug-likeness (QED) is 0.377. The minimum atomic E-state index is -0.0294. The van der Waals surface area contributed by atoms with Crippen molar-refractivity contribution in [2.24, 2.45) is 9.98 Å². The van der Waals surface area contributed by atoms with Crippen molar-refractivity contribution < 1.29 is 0 Å². The highest BCUT2D eigenvalue weighted by Gasteiger charge is 2.24. The first kappa shape index (κ1) is 22.5. The number of amidine groups is 2. The van der Waals surface area contributed by atoms with E-state index in [1.807, 2.05) is 31.3 Å². The van der Waals surface area contributed by atoms with E-state index in [0.29, 0.717) is 6.54 Å². The first-order valence-corrected chi connectivity index (χ1v) is 11.0. The van der Waals surface area contributed by atoms with Gasteiger partial charge in [-0.1, -0.05) is 104 Å². The second-order valence-electron chi connectivity index (χ2n) is 8.27. The molecule has 0 heterocycles. The fraction of sp³-hybridized carbons (Fsp3) is 0.286. The van der Waals surface area contributed by atoms with E-state index in [9.17, 15) is 0 Å². The minimum Gasteiger partial charge on any atom is -0.328 e. The third kappa shape index (κ3) is 6.14. The van der Waals surface area contributed by atoms with Gasteiger partial charge in [0.2, 0.25) is 0 Å². The lowest BCUT2D eigenvalue weighted by Crippen LogP contribution is -2.34. The number of nitrogens with zero attached hydrogens (tertiary/aromatic N) is 2. The highest BCUT2D eigenvalue weighted by Crippen LogP contribution is 2.28. The zero-order valence-electron chi connectivity index (χ0n) is 19.1. The fourth-order valence-corrected chi connectivity index (χ4v) is 3.52. The number of benzene rings is 3. The average molecular weight is 412 g/mol. The van der Waals surface area contributed by atoms with Crippen LogP contribution in [0.5, 0.6) is 0 Å². The third-order valence-electron chi connectivity index (χ3n) is 5.91. The van der Waals surface area contributed by atoms with E-state index in [2.05, 4.69) is 91.7 Å². The van der Waals surface area contributed by atoms with Crippen molar-refractivity contribution >= 4 is 11.7 Å². The molecule has 0 aromatic heterocycles. The van der Waals surface area contributed by atoms with Crippen molar-refractivity contribution in [3.8, 4) is 0 Å². The molecule has 0 spiro atoms. The van der Waals surface area contributed by atoms with Gasteiger partial charge in [0.1, 0.15) is 11.7 Å². The Kier molecular flexibility index (Phi) is 7.77. The number of aliphatic imine (C=N–C) groups is 2. The van der Waals surface area contributed by atoms with E-state index >= 15 is 0 Å². The van der Waals surface area contributed by atoms with Crippen LogP contribution in [0, 0.1) is 6.92 Å². The summed E-state index contributed by atoms with van der Waals surface area (Å²) in [6, 6.07) is 29.5. The third-order valence-corrected chi connectivity index (χ3v) is 5.91. The van der Waals surface area contributed by atoms with Crippen molar-refractivity contribution in [1.29, 1.82) is 0 Å². The summed E-state index contributed by atoms with van der Waals surface area (Å²) in [4.78, 5) is 9.60. The molecule has 0 fully saturated rings. The van der Waals surface area contributed by atoms with Crippen LogP contribution in [-0.4, -0.2) is 25.3 Å². The fourth-order valence-electron chi connectivity index (χ4n) is 3.52. The van der Waals surface area contributed by atoms with E-state index in [-0.39, 0.29) is 5.41 Å². The van der Waals surface area contributed by atoms with E-state index in [4.69, 9.17) is 4.99 Å². The number of rotatable bonds is 7. The highest BCUT2D eigenvalue weighted by atomic mass is 15.1. The molecule has 0 aliphatic rings. The molecule has 0 amide bonds. The zero-order valence-corrected chi connectivity index (χ0v) is 19.1. The molecule has 0 radical (unpaired) electrons. The lowest BCUT2D eigenvalue weighted by atomic mass is 9.80. The molecule has 0 aliphatic heterocycles. The zero-order chi connectivity index (χ0) is 22.1. The first-order chi connectivity index (χ1) is 15.0. The van der Waals surface area contributed by atoms with Gasteiger partial charge >= 0.3 is 0 Å². The molecule has 1 atom stereocenters. The van der Waals surface area contributed by atoms with Crippen molar-refractivity contribution in [2.75, 3.05) is 13.6 Å². The van der Waals surface area contributed by atoms with Crippen molar-refractivity contribution in [3.63, 3.8) is 0 Å². The average Bonchev–Trinajstić information content (AvgIpc) is 2.82. The molecule has 3 nitrogen and oxygen atoms in total. The Labute approximate surface area is 187 Å². The molecule has 1 N–H and O–H groups in total. The SMILES string of the molecule is CCC(C)(CN=C(NC(Cc1ccccc1)=NC)c1ccccc1)c1ccc(C)cc1. The molecule has 160 valence electrons. The largest absolute Gasteiger partial charge is 0.328 e. The van der Waals surface area contributed by atoms with Crippen LogP contribution >= 0.6 is 0 Å². The predicted molar refractivity (Wildman–Crippen MR) is 133 cm³/mol. The summed E-state index contributed by atoms with van der Waals surface area (Å²) in [6.45, 7) is 7.36. The Hall–Kier alpha value is -3.20. The number of nitrogens with one attached hydrogen (secondary N) is 1. The van der Waals surface area contributed by atoms with Crippen LogP contribution in [0.2, 0.25) is 0 Å². The number of hydrogen-bond acceptors (Lipinski definition) is 2. The minimum absolute atomic E-state index is 0.0294. The van der Waals surface area contributed by atoms with Crippen LogP contribution < -0.4 is 5.32 Å². The maximum Gasteiger partial charge on any atom is 0.133 e. The van der Waals surface area contributed by atoms with Gasteiger partial charge in [0, 0.05) is 24.4 Å². The van der Waals surface area contributed by atoms with Crippen molar-refractivity contribution in [1.82, 2.24) is 5.32 Å². The van der Waals surface area contributed by atoms with E-state index < -0.39 is 0 Å². The van der Waals surface area contributed by atoms with Crippen LogP contribution in [0.1, 0.15) is 42.5 Å². The van der Waals surface area contributed by atoms with Gasteiger partial charge in [0.05, 0.1) is 6.54 Å². The van der Waals surface area contributed by atoms with Crippen LogP contribution in [0.15, 0.2) is 94.9 Å². The second kappa shape index (κ2) is 10.7. The smallest absolute Gasteiger partial charge is 0.133 e. The molecule has 0 saturated carbocycles.